The molecule has 0 spiro atoms. The van der Waals surface area contributed by atoms with Crippen molar-refractivity contribution in [1.82, 2.24) is 5.32 Å². The molecule has 0 aliphatic rings. The van der Waals surface area contributed by atoms with Crippen LogP contribution in [-0.2, 0) is 9.59 Å². The third kappa shape index (κ3) is 4.74. The van der Waals surface area contributed by atoms with Crippen molar-refractivity contribution in [2.75, 3.05) is 13.2 Å². The molecule has 0 radical (unpaired) electrons. The minimum Gasteiger partial charge on any atom is -0.484 e. The Labute approximate surface area is 122 Å². The SMILES string of the molecule is CCC(C)(CNC(=O)COc1cccc(Cl)c1)C(=O)O. The van der Waals surface area contributed by atoms with Crippen molar-refractivity contribution >= 4 is 23.5 Å². The summed E-state index contributed by atoms with van der Waals surface area (Å²) in [5.41, 5.74) is -0.967. The third-order valence-corrected chi connectivity index (χ3v) is 3.37. The fourth-order valence-electron chi connectivity index (χ4n) is 1.40. The fraction of sp³-hybridized carbons (Fsp3) is 0.429. The van der Waals surface area contributed by atoms with Crippen LogP contribution < -0.4 is 10.1 Å². The lowest BCUT2D eigenvalue weighted by molar-refractivity contribution is -0.148. The summed E-state index contributed by atoms with van der Waals surface area (Å²) >= 11 is 5.79. The summed E-state index contributed by atoms with van der Waals surface area (Å²) in [7, 11) is 0. The number of carboxylic acid groups (broad SMARTS) is 1. The maximum atomic E-state index is 11.6. The Hall–Kier alpha value is -1.75. The molecule has 0 saturated carbocycles. The van der Waals surface area contributed by atoms with Gasteiger partial charge in [-0.05, 0) is 31.5 Å². The number of benzene rings is 1. The molecule has 1 unspecified atom stereocenters. The van der Waals surface area contributed by atoms with Crippen LogP contribution in [0.2, 0.25) is 5.02 Å². The molecule has 0 heterocycles. The second kappa shape index (κ2) is 7.14. The average molecular weight is 300 g/mol. The number of carboxylic acids is 1. The van der Waals surface area contributed by atoms with Gasteiger partial charge in [-0.1, -0.05) is 24.6 Å². The number of rotatable bonds is 7. The van der Waals surface area contributed by atoms with E-state index in [4.69, 9.17) is 21.4 Å². The molecule has 1 amide bonds. The summed E-state index contributed by atoms with van der Waals surface area (Å²) in [5.74, 6) is -0.814. The van der Waals surface area contributed by atoms with Crippen molar-refractivity contribution in [3.8, 4) is 5.75 Å². The number of hydrogen-bond donors (Lipinski definition) is 2. The first-order valence-corrected chi connectivity index (χ1v) is 6.63. The van der Waals surface area contributed by atoms with Gasteiger partial charge < -0.3 is 15.2 Å². The molecule has 6 heteroatoms. The first-order valence-electron chi connectivity index (χ1n) is 6.26. The van der Waals surface area contributed by atoms with Crippen LogP contribution >= 0.6 is 11.6 Å². The lowest BCUT2D eigenvalue weighted by Gasteiger charge is -2.23. The molecule has 0 saturated heterocycles. The molecule has 5 nitrogen and oxygen atoms in total. The van der Waals surface area contributed by atoms with E-state index < -0.39 is 11.4 Å². The second-order valence-electron chi connectivity index (χ2n) is 4.74. The molecular weight excluding hydrogens is 282 g/mol. The highest BCUT2D eigenvalue weighted by Crippen LogP contribution is 2.20. The van der Waals surface area contributed by atoms with E-state index in [-0.39, 0.29) is 19.1 Å². The van der Waals surface area contributed by atoms with Crippen LogP contribution in [0.25, 0.3) is 0 Å². The first kappa shape index (κ1) is 16.3. The molecule has 20 heavy (non-hydrogen) atoms. The summed E-state index contributed by atoms with van der Waals surface area (Å²) in [5, 5.41) is 12.2. The van der Waals surface area contributed by atoms with E-state index in [1.54, 1.807) is 38.1 Å². The van der Waals surface area contributed by atoms with Crippen LogP contribution in [0.5, 0.6) is 5.75 Å². The van der Waals surface area contributed by atoms with Gasteiger partial charge in [0.15, 0.2) is 6.61 Å². The maximum Gasteiger partial charge on any atom is 0.311 e. The van der Waals surface area contributed by atoms with Crippen molar-refractivity contribution in [2.45, 2.75) is 20.3 Å². The van der Waals surface area contributed by atoms with Crippen LogP contribution in [0.15, 0.2) is 24.3 Å². The normalized spacial score (nSPS) is 13.3. The molecule has 0 aliphatic heterocycles. The Morgan fingerprint density at radius 2 is 2.15 bits per heavy atom. The van der Waals surface area contributed by atoms with Gasteiger partial charge in [0.25, 0.3) is 5.91 Å². The predicted octanol–water partition coefficient (Wildman–Crippen LogP) is 2.34. The largest absolute Gasteiger partial charge is 0.484 e. The fourth-order valence-corrected chi connectivity index (χ4v) is 1.58. The number of nitrogens with one attached hydrogen (secondary N) is 1. The lowest BCUT2D eigenvalue weighted by atomic mass is 9.88. The molecular formula is C14H18ClNO4. The number of hydrogen-bond acceptors (Lipinski definition) is 3. The van der Waals surface area contributed by atoms with E-state index in [0.29, 0.717) is 17.2 Å². The van der Waals surface area contributed by atoms with Gasteiger partial charge in [0.1, 0.15) is 5.75 Å². The summed E-state index contributed by atoms with van der Waals surface area (Å²) in [6, 6.07) is 6.71. The van der Waals surface area contributed by atoms with Crippen molar-refractivity contribution in [1.29, 1.82) is 0 Å². The predicted molar refractivity (Wildman–Crippen MR) is 76.0 cm³/mol. The number of carbonyl (C=O) groups is 2. The van der Waals surface area contributed by atoms with E-state index in [1.165, 1.54) is 0 Å². The molecule has 1 atom stereocenters. The molecule has 2 N–H and O–H groups in total. The second-order valence-corrected chi connectivity index (χ2v) is 5.18. The number of amides is 1. The standard InChI is InChI=1S/C14H18ClNO4/c1-3-14(2,13(18)19)9-16-12(17)8-20-11-6-4-5-10(15)7-11/h4-7H,3,8-9H2,1-2H3,(H,16,17)(H,18,19). The zero-order chi connectivity index (χ0) is 15.2. The molecule has 1 aromatic carbocycles. The summed E-state index contributed by atoms with van der Waals surface area (Å²) in [4.78, 5) is 22.7. The van der Waals surface area contributed by atoms with E-state index in [1.807, 2.05) is 0 Å². The molecule has 0 fully saturated rings. The number of halogens is 1. The molecule has 0 bridgehead atoms. The van der Waals surface area contributed by atoms with Crippen molar-refractivity contribution in [3.05, 3.63) is 29.3 Å². The highest BCUT2D eigenvalue weighted by Gasteiger charge is 2.31. The van der Waals surface area contributed by atoms with Crippen LogP contribution in [0.4, 0.5) is 0 Å². The summed E-state index contributed by atoms with van der Waals surface area (Å²) in [6.45, 7) is 3.24. The maximum absolute atomic E-state index is 11.6. The van der Waals surface area contributed by atoms with Gasteiger partial charge in [-0.3, -0.25) is 9.59 Å². The summed E-state index contributed by atoms with van der Waals surface area (Å²) in [6.07, 6.45) is 0.428. The monoisotopic (exact) mass is 299 g/mol. The minimum absolute atomic E-state index is 0.0660. The molecule has 1 aromatic rings. The first-order chi connectivity index (χ1) is 9.37. The van der Waals surface area contributed by atoms with Gasteiger partial charge in [-0.25, -0.2) is 0 Å². The zero-order valence-corrected chi connectivity index (χ0v) is 12.2. The lowest BCUT2D eigenvalue weighted by Crippen LogP contribution is -2.42. The van der Waals surface area contributed by atoms with E-state index >= 15 is 0 Å². The minimum atomic E-state index is -0.967. The highest BCUT2D eigenvalue weighted by molar-refractivity contribution is 6.30. The van der Waals surface area contributed by atoms with E-state index in [2.05, 4.69) is 5.32 Å². The molecule has 1 rings (SSSR count). The third-order valence-electron chi connectivity index (χ3n) is 3.14. The van der Waals surface area contributed by atoms with Crippen molar-refractivity contribution in [2.24, 2.45) is 5.41 Å². The van der Waals surface area contributed by atoms with Crippen molar-refractivity contribution < 1.29 is 19.4 Å². The van der Waals surface area contributed by atoms with Crippen LogP contribution in [0, 0.1) is 5.41 Å². The van der Waals surface area contributed by atoms with Crippen LogP contribution in [0.1, 0.15) is 20.3 Å². The molecule has 0 aromatic heterocycles. The Morgan fingerprint density at radius 1 is 1.45 bits per heavy atom. The Bertz CT molecular complexity index is 492. The van der Waals surface area contributed by atoms with Crippen molar-refractivity contribution in [3.63, 3.8) is 0 Å². The summed E-state index contributed by atoms with van der Waals surface area (Å²) < 4.78 is 5.26. The van der Waals surface area contributed by atoms with Gasteiger partial charge in [0, 0.05) is 11.6 Å². The number of carbonyl (C=O) groups excluding carboxylic acids is 1. The Balaban J connectivity index is 2.43. The highest BCUT2D eigenvalue weighted by atomic mass is 35.5. The van der Waals surface area contributed by atoms with Gasteiger partial charge in [0.05, 0.1) is 5.41 Å². The molecule has 0 aliphatic carbocycles. The smallest absolute Gasteiger partial charge is 0.311 e. The quantitative estimate of drug-likeness (QED) is 0.810. The van der Waals surface area contributed by atoms with E-state index in [9.17, 15) is 9.59 Å². The van der Waals surface area contributed by atoms with Gasteiger partial charge >= 0.3 is 5.97 Å². The van der Waals surface area contributed by atoms with Crippen LogP contribution in [0.3, 0.4) is 0 Å². The van der Waals surface area contributed by atoms with Gasteiger partial charge in [-0.15, -0.1) is 0 Å². The zero-order valence-electron chi connectivity index (χ0n) is 11.5. The average Bonchev–Trinajstić information content (AvgIpc) is 2.42. The number of aliphatic carboxylic acids is 1. The van der Waals surface area contributed by atoms with Gasteiger partial charge in [0.2, 0.25) is 0 Å². The van der Waals surface area contributed by atoms with E-state index in [0.717, 1.165) is 0 Å². The molecule has 110 valence electrons. The topological polar surface area (TPSA) is 75.6 Å². The van der Waals surface area contributed by atoms with Crippen LogP contribution in [-0.4, -0.2) is 30.1 Å². The Kier molecular flexibility index (Phi) is 5.82. The van der Waals surface area contributed by atoms with Gasteiger partial charge in [-0.2, -0.15) is 0 Å². The Morgan fingerprint density at radius 3 is 2.70 bits per heavy atom. The number of ether oxygens (including phenoxy) is 1.